The van der Waals surface area contributed by atoms with E-state index < -0.39 is 6.10 Å². The highest BCUT2D eigenvalue weighted by atomic mass is 16.3. The molecule has 1 aromatic rings. The van der Waals surface area contributed by atoms with Gasteiger partial charge in [-0.25, -0.2) is 0 Å². The van der Waals surface area contributed by atoms with Crippen LogP contribution in [-0.2, 0) is 0 Å². The summed E-state index contributed by atoms with van der Waals surface area (Å²) in [4.78, 5) is 6.60. The van der Waals surface area contributed by atoms with Crippen LogP contribution in [0.5, 0.6) is 0 Å². The highest BCUT2D eigenvalue weighted by Gasteiger charge is 2.21. The first-order chi connectivity index (χ1) is 9.26. The maximum Gasteiger partial charge on any atom is 0.0957 e. The lowest BCUT2D eigenvalue weighted by molar-refractivity contribution is 0.169. The van der Waals surface area contributed by atoms with Crippen molar-refractivity contribution in [3.63, 3.8) is 0 Å². The van der Waals surface area contributed by atoms with Gasteiger partial charge in [-0.05, 0) is 31.4 Å². The fraction of sp³-hybridized carbons (Fsp3) is 0.667. The Kier molecular flexibility index (Phi) is 5.16. The summed E-state index contributed by atoms with van der Waals surface area (Å²) in [6.07, 6.45) is 6.63. The molecule has 4 nitrogen and oxygen atoms in total. The van der Waals surface area contributed by atoms with Crippen LogP contribution in [0.2, 0.25) is 0 Å². The Labute approximate surface area is 115 Å². The van der Waals surface area contributed by atoms with E-state index in [4.69, 9.17) is 0 Å². The number of aliphatic hydroxyl groups is 2. The second-order valence-corrected chi connectivity index (χ2v) is 5.24. The number of aromatic nitrogens is 1. The zero-order valence-corrected chi connectivity index (χ0v) is 11.6. The molecule has 0 saturated carbocycles. The van der Waals surface area contributed by atoms with Crippen LogP contribution in [0.1, 0.15) is 50.8 Å². The third kappa shape index (κ3) is 3.45. The van der Waals surface area contributed by atoms with Crippen molar-refractivity contribution < 1.29 is 10.2 Å². The SMILES string of the molecule is CC[C@H](O)c1ccc(N2CCCCCC2CO)cn1. The lowest BCUT2D eigenvalue weighted by Crippen LogP contribution is -2.37. The molecule has 1 aliphatic heterocycles. The Balaban J connectivity index is 2.14. The van der Waals surface area contributed by atoms with Gasteiger partial charge in [0.05, 0.1) is 36.3 Å². The summed E-state index contributed by atoms with van der Waals surface area (Å²) in [5, 5.41) is 19.3. The minimum atomic E-state index is -0.480. The third-order valence-electron chi connectivity index (χ3n) is 3.92. The highest BCUT2D eigenvalue weighted by Crippen LogP contribution is 2.24. The molecular weight excluding hydrogens is 240 g/mol. The minimum Gasteiger partial charge on any atom is -0.394 e. The zero-order valence-electron chi connectivity index (χ0n) is 11.6. The molecule has 0 spiro atoms. The van der Waals surface area contributed by atoms with Crippen molar-refractivity contribution in [1.29, 1.82) is 0 Å². The van der Waals surface area contributed by atoms with Crippen molar-refractivity contribution >= 4 is 5.69 Å². The van der Waals surface area contributed by atoms with Gasteiger partial charge in [-0.1, -0.05) is 19.8 Å². The van der Waals surface area contributed by atoms with Crippen LogP contribution < -0.4 is 4.90 Å². The summed E-state index contributed by atoms with van der Waals surface area (Å²) in [5.74, 6) is 0. The summed E-state index contributed by atoms with van der Waals surface area (Å²) in [6.45, 7) is 3.11. The average Bonchev–Trinajstić information content (AvgIpc) is 2.71. The van der Waals surface area contributed by atoms with Gasteiger partial charge in [0.15, 0.2) is 0 Å². The molecule has 1 unspecified atom stereocenters. The summed E-state index contributed by atoms with van der Waals surface area (Å²) >= 11 is 0. The smallest absolute Gasteiger partial charge is 0.0957 e. The molecule has 4 heteroatoms. The predicted octanol–water partition coefficient (Wildman–Crippen LogP) is 2.27. The lowest BCUT2D eigenvalue weighted by Gasteiger charge is -2.30. The van der Waals surface area contributed by atoms with Crippen LogP contribution in [0.25, 0.3) is 0 Å². The van der Waals surface area contributed by atoms with Crippen molar-refractivity contribution in [2.45, 2.75) is 51.2 Å². The Morgan fingerprint density at radius 2 is 2.21 bits per heavy atom. The van der Waals surface area contributed by atoms with E-state index in [2.05, 4.69) is 9.88 Å². The molecule has 0 amide bonds. The molecular formula is C15H24N2O2. The molecule has 0 aromatic carbocycles. The summed E-state index contributed by atoms with van der Waals surface area (Å²) in [5.41, 5.74) is 1.77. The number of anilines is 1. The second-order valence-electron chi connectivity index (χ2n) is 5.24. The van der Waals surface area contributed by atoms with E-state index in [9.17, 15) is 10.2 Å². The van der Waals surface area contributed by atoms with Gasteiger partial charge in [0.25, 0.3) is 0 Å². The van der Waals surface area contributed by atoms with Gasteiger partial charge in [0.2, 0.25) is 0 Å². The van der Waals surface area contributed by atoms with Crippen molar-refractivity contribution in [3.8, 4) is 0 Å². The molecule has 2 atom stereocenters. The van der Waals surface area contributed by atoms with Crippen LogP contribution in [0, 0.1) is 0 Å². The third-order valence-corrected chi connectivity index (χ3v) is 3.92. The molecule has 2 rings (SSSR count). The van der Waals surface area contributed by atoms with Gasteiger partial charge in [-0.3, -0.25) is 4.98 Å². The maximum atomic E-state index is 9.76. The molecule has 0 radical (unpaired) electrons. The number of hydrogen-bond acceptors (Lipinski definition) is 4. The standard InChI is InChI=1S/C15H24N2O2/c1-2-15(19)14-8-7-12(10-16-14)17-9-5-3-4-6-13(17)11-18/h7-8,10,13,15,18-19H,2-6,9,11H2,1H3/t13?,15-/m0/s1. The first kappa shape index (κ1) is 14.3. The Morgan fingerprint density at radius 1 is 1.37 bits per heavy atom. The first-order valence-electron chi connectivity index (χ1n) is 7.27. The number of rotatable bonds is 4. The van der Waals surface area contributed by atoms with E-state index in [0.29, 0.717) is 6.42 Å². The van der Waals surface area contributed by atoms with Crippen molar-refractivity contribution in [2.24, 2.45) is 0 Å². The Morgan fingerprint density at radius 3 is 2.84 bits per heavy atom. The van der Waals surface area contributed by atoms with Crippen molar-refractivity contribution in [3.05, 3.63) is 24.0 Å². The molecule has 0 aliphatic carbocycles. The predicted molar refractivity (Wildman–Crippen MR) is 76.2 cm³/mol. The number of aliphatic hydroxyl groups excluding tert-OH is 2. The number of nitrogens with zero attached hydrogens (tertiary/aromatic N) is 2. The van der Waals surface area contributed by atoms with Gasteiger partial charge in [0, 0.05) is 6.54 Å². The van der Waals surface area contributed by atoms with E-state index in [1.165, 1.54) is 12.8 Å². The van der Waals surface area contributed by atoms with E-state index in [1.54, 1.807) is 0 Å². The van der Waals surface area contributed by atoms with Crippen molar-refractivity contribution in [2.75, 3.05) is 18.1 Å². The molecule has 1 aromatic heterocycles. The number of pyridine rings is 1. The Bertz CT molecular complexity index is 380. The Hall–Kier alpha value is -1.13. The molecule has 0 bridgehead atoms. The lowest BCUT2D eigenvalue weighted by atomic mass is 10.1. The molecule has 19 heavy (non-hydrogen) atoms. The molecule has 1 aliphatic rings. The maximum absolute atomic E-state index is 9.76. The largest absolute Gasteiger partial charge is 0.394 e. The van der Waals surface area contributed by atoms with E-state index >= 15 is 0 Å². The van der Waals surface area contributed by atoms with E-state index in [-0.39, 0.29) is 12.6 Å². The highest BCUT2D eigenvalue weighted by molar-refractivity contribution is 5.46. The first-order valence-corrected chi connectivity index (χ1v) is 7.27. The molecule has 2 N–H and O–H groups in total. The average molecular weight is 264 g/mol. The topological polar surface area (TPSA) is 56.6 Å². The summed E-state index contributed by atoms with van der Waals surface area (Å²) in [7, 11) is 0. The monoisotopic (exact) mass is 264 g/mol. The van der Waals surface area contributed by atoms with Crippen LogP contribution in [-0.4, -0.2) is 34.4 Å². The normalized spacial score (nSPS) is 22.1. The van der Waals surface area contributed by atoms with E-state index in [0.717, 1.165) is 30.8 Å². The molecule has 106 valence electrons. The van der Waals surface area contributed by atoms with Crippen LogP contribution in [0.3, 0.4) is 0 Å². The van der Waals surface area contributed by atoms with Crippen molar-refractivity contribution in [1.82, 2.24) is 4.98 Å². The zero-order chi connectivity index (χ0) is 13.7. The van der Waals surface area contributed by atoms with Crippen LogP contribution in [0.4, 0.5) is 5.69 Å². The fourth-order valence-electron chi connectivity index (χ4n) is 2.68. The number of hydrogen-bond donors (Lipinski definition) is 2. The fourth-order valence-corrected chi connectivity index (χ4v) is 2.68. The van der Waals surface area contributed by atoms with Gasteiger partial charge < -0.3 is 15.1 Å². The van der Waals surface area contributed by atoms with Gasteiger partial charge in [-0.15, -0.1) is 0 Å². The van der Waals surface area contributed by atoms with Crippen LogP contribution >= 0.6 is 0 Å². The van der Waals surface area contributed by atoms with Gasteiger partial charge in [-0.2, -0.15) is 0 Å². The summed E-state index contributed by atoms with van der Waals surface area (Å²) < 4.78 is 0. The van der Waals surface area contributed by atoms with Gasteiger partial charge >= 0.3 is 0 Å². The van der Waals surface area contributed by atoms with Crippen LogP contribution in [0.15, 0.2) is 18.3 Å². The molecule has 1 fully saturated rings. The minimum absolute atomic E-state index is 0.194. The quantitative estimate of drug-likeness (QED) is 0.876. The van der Waals surface area contributed by atoms with E-state index in [1.807, 2.05) is 25.3 Å². The second kappa shape index (κ2) is 6.87. The molecule has 1 saturated heterocycles. The van der Waals surface area contributed by atoms with Gasteiger partial charge in [0.1, 0.15) is 0 Å². The molecule has 2 heterocycles. The summed E-state index contributed by atoms with van der Waals surface area (Å²) in [6, 6.07) is 4.10.